The zero-order valence-electron chi connectivity index (χ0n) is 19.8. The number of aliphatic hydroxyl groups excluding tert-OH is 2. The predicted molar refractivity (Wildman–Crippen MR) is 124 cm³/mol. The quantitative estimate of drug-likeness (QED) is 0.209. The van der Waals surface area contributed by atoms with Gasteiger partial charge in [-0.25, -0.2) is 0 Å². The van der Waals surface area contributed by atoms with Crippen LogP contribution in [0.15, 0.2) is 29.0 Å². The number of nitrogens with one attached hydrogen (secondary N) is 1. The first-order valence-corrected chi connectivity index (χ1v) is 11.1. The molecule has 0 saturated heterocycles. The summed E-state index contributed by atoms with van der Waals surface area (Å²) in [5, 5.41) is 58.0. The lowest BCUT2D eigenvalue weighted by atomic mass is 9.56. The van der Waals surface area contributed by atoms with Crippen LogP contribution in [0.4, 0.5) is 5.69 Å². The first-order chi connectivity index (χ1) is 16.6. The zero-order valence-corrected chi connectivity index (χ0v) is 19.8. The summed E-state index contributed by atoms with van der Waals surface area (Å²) in [6.45, 7) is 1.34. The lowest BCUT2D eigenvalue weighted by molar-refractivity contribution is -0.152. The van der Waals surface area contributed by atoms with Gasteiger partial charge < -0.3 is 41.5 Å². The van der Waals surface area contributed by atoms with Gasteiger partial charge in [0.25, 0.3) is 5.91 Å². The molecule has 0 unspecified atom stereocenters. The molecule has 12 nitrogen and oxygen atoms in total. The van der Waals surface area contributed by atoms with E-state index < -0.39 is 81.3 Å². The standard InChI is InChI=1S/C24H27N3O9/c1-23(35)10-4-5-12(26-14(29)8-27(2)3)18(30)15(10)19(31)16-11(23)6-9-7-13(28)17(22(25)34)21(33)24(9,36)20(16)32/h4-5,9,11,30-31,33,35-36H,6-8H2,1-3H3,(H2,25,34)(H,26,29)/t9-,11-,23-,24-/m0/s1. The topological polar surface area (TPSA) is 211 Å². The van der Waals surface area contributed by atoms with Gasteiger partial charge in [-0.3, -0.25) is 19.2 Å². The number of fused-ring (bicyclic) bond motifs is 3. The molecule has 0 aromatic heterocycles. The van der Waals surface area contributed by atoms with Crippen LogP contribution < -0.4 is 11.1 Å². The number of benzene rings is 1. The number of rotatable bonds is 4. The number of amides is 2. The number of hydrogen-bond donors (Lipinski definition) is 7. The fourth-order valence-electron chi connectivity index (χ4n) is 5.49. The summed E-state index contributed by atoms with van der Waals surface area (Å²) in [6.07, 6.45) is -0.724. The fraction of sp³-hybridized carbons (Fsp3) is 0.417. The normalized spacial score (nSPS) is 29.6. The van der Waals surface area contributed by atoms with E-state index in [1.165, 1.54) is 19.1 Å². The number of nitrogens with zero attached hydrogens (tertiary/aromatic N) is 1. The predicted octanol–water partition coefficient (Wildman–Crippen LogP) is -0.411. The Morgan fingerprint density at radius 3 is 2.39 bits per heavy atom. The fourth-order valence-corrected chi connectivity index (χ4v) is 5.49. The van der Waals surface area contributed by atoms with Crippen molar-refractivity contribution in [1.29, 1.82) is 0 Å². The summed E-state index contributed by atoms with van der Waals surface area (Å²) >= 11 is 0. The van der Waals surface area contributed by atoms with Gasteiger partial charge in [0.15, 0.2) is 11.4 Å². The largest absolute Gasteiger partial charge is 0.508 e. The van der Waals surface area contributed by atoms with E-state index in [0.717, 1.165) is 0 Å². The number of aromatic hydroxyl groups is 1. The van der Waals surface area contributed by atoms with Crippen molar-refractivity contribution in [3.63, 3.8) is 0 Å². The molecule has 4 rings (SSSR count). The Morgan fingerprint density at radius 2 is 1.81 bits per heavy atom. The van der Waals surface area contributed by atoms with Crippen molar-refractivity contribution in [2.75, 3.05) is 26.0 Å². The van der Waals surface area contributed by atoms with E-state index in [1.807, 2.05) is 0 Å². The molecule has 12 heteroatoms. The van der Waals surface area contributed by atoms with Crippen molar-refractivity contribution in [1.82, 2.24) is 4.90 Å². The van der Waals surface area contributed by atoms with Gasteiger partial charge in [-0.2, -0.15) is 0 Å². The van der Waals surface area contributed by atoms with Crippen LogP contribution in [0.25, 0.3) is 5.76 Å². The van der Waals surface area contributed by atoms with Gasteiger partial charge in [-0.1, -0.05) is 6.07 Å². The SMILES string of the molecule is CN(C)CC(=O)Nc1ccc2c(c1O)C(O)=C1C(=O)[C@]3(O)C(O)=C(C(N)=O)C(=O)C[C@@H]3C[C@@H]1[C@@]2(C)O. The average Bonchev–Trinajstić information content (AvgIpc) is 2.75. The number of phenolic OH excluding ortho intramolecular Hbond substituents is 1. The molecule has 0 spiro atoms. The van der Waals surface area contributed by atoms with E-state index >= 15 is 0 Å². The molecule has 1 aromatic carbocycles. The lowest BCUT2D eigenvalue weighted by Gasteiger charge is -2.50. The second-order valence-electron chi connectivity index (χ2n) is 9.88. The van der Waals surface area contributed by atoms with Gasteiger partial charge in [-0.15, -0.1) is 0 Å². The molecule has 0 aliphatic heterocycles. The molecule has 1 saturated carbocycles. The smallest absolute Gasteiger partial charge is 0.255 e. The lowest BCUT2D eigenvalue weighted by Crippen LogP contribution is -2.60. The molecular formula is C24H27N3O9. The summed E-state index contributed by atoms with van der Waals surface area (Å²) < 4.78 is 0. The summed E-state index contributed by atoms with van der Waals surface area (Å²) in [6, 6.07) is 2.72. The van der Waals surface area contributed by atoms with Crippen molar-refractivity contribution in [3.8, 4) is 5.75 Å². The maximum atomic E-state index is 13.6. The van der Waals surface area contributed by atoms with Crippen LogP contribution in [0.5, 0.6) is 5.75 Å². The Morgan fingerprint density at radius 1 is 1.17 bits per heavy atom. The van der Waals surface area contributed by atoms with Crippen molar-refractivity contribution >= 4 is 34.8 Å². The minimum absolute atomic E-state index is 0.0111. The summed E-state index contributed by atoms with van der Waals surface area (Å²) in [7, 11) is 3.33. The van der Waals surface area contributed by atoms with E-state index in [-0.39, 0.29) is 29.8 Å². The first-order valence-electron chi connectivity index (χ1n) is 11.1. The highest BCUT2D eigenvalue weighted by Gasteiger charge is 2.63. The summed E-state index contributed by atoms with van der Waals surface area (Å²) in [5.41, 5.74) is -1.23. The number of primary amides is 1. The molecule has 1 fully saturated rings. The number of nitrogens with two attached hydrogens (primary N) is 1. The Balaban J connectivity index is 1.90. The number of likely N-dealkylation sites (N-methyl/N-ethyl adjacent to an activating group) is 1. The van der Waals surface area contributed by atoms with Crippen molar-refractivity contribution in [2.24, 2.45) is 17.6 Å². The monoisotopic (exact) mass is 501 g/mol. The van der Waals surface area contributed by atoms with Gasteiger partial charge in [0.1, 0.15) is 22.8 Å². The van der Waals surface area contributed by atoms with Crippen LogP contribution in [0.1, 0.15) is 30.9 Å². The van der Waals surface area contributed by atoms with Gasteiger partial charge >= 0.3 is 0 Å². The molecule has 4 atom stereocenters. The van der Waals surface area contributed by atoms with Gasteiger partial charge in [0, 0.05) is 23.8 Å². The van der Waals surface area contributed by atoms with E-state index in [4.69, 9.17) is 5.73 Å². The van der Waals surface area contributed by atoms with Crippen LogP contribution in [0, 0.1) is 11.8 Å². The van der Waals surface area contributed by atoms with Crippen LogP contribution in [-0.4, -0.2) is 80.1 Å². The third kappa shape index (κ3) is 3.40. The molecule has 0 heterocycles. The highest BCUT2D eigenvalue weighted by atomic mass is 16.3. The number of ketones is 2. The zero-order chi connectivity index (χ0) is 26.9. The van der Waals surface area contributed by atoms with Gasteiger partial charge in [-0.05, 0) is 39.1 Å². The number of carbonyl (C=O) groups excluding carboxylic acids is 4. The van der Waals surface area contributed by atoms with E-state index in [9.17, 15) is 44.7 Å². The van der Waals surface area contributed by atoms with Gasteiger partial charge in [0.05, 0.1) is 23.4 Å². The van der Waals surface area contributed by atoms with Crippen molar-refractivity contribution in [2.45, 2.75) is 31.0 Å². The number of carbonyl (C=O) groups is 4. The number of aliphatic hydroxyl groups is 4. The van der Waals surface area contributed by atoms with Crippen molar-refractivity contribution < 1.29 is 44.7 Å². The number of phenols is 1. The summed E-state index contributed by atoms with van der Waals surface area (Å²) in [4.78, 5) is 51.6. The molecule has 0 radical (unpaired) electrons. The van der Waals surface area contributed by atoms with Crippen molar-refractivity contribution in [3.05, 3.63) is 40.2 Å². The first kappa shape index (κ1) is 25.4. The Bertz CT molecular complexity index is 1290. The molecule has 192 valence electrons. The molecule has 2 amide bonds. The minimum Gasteiger partial charge on any atom is -0.508 e. The Labute approximate surface area is 205 Å². The van der Waals surface area contributed by atoms with Gasteiger partial charge in [0.2, 0.25) is 11.7 Å². The third-order valence-electron chi connectivity index (χ3n) is 7.23. The Kier molecular flexibility index (Phi) is 5.74. The average molecular weight is 501 g/mol. The van der Waals surface area contributed by atoms with Crippen LogP contribution in [-0.2, 0) is 24.8 Å². The van der Waals surface area contributed by atoms with Crippen LogP contribution in [0.3, 0.4) is 0 Å². The molecule has 8 N–H and O–H groups in total. The number of hydrogen-bond acceptors (Lipinski definition) is 10. The molecule has 3 aliphatic carbocycles. The maximum Gasteiger partial charge on any atom is 0.255 e. The number of anilines is 1. The molecule has 3 aliphatic rings. The van der Waals surface area contributed by atoms with E-state index in [1.54, 1.807) is 19.0 Å². The number of Topliss-reactive ketones (excluding diaryl/α,β-unsaturated/α-hetero) is 2. The molecule has 0 bridgehead atoms. The highest BCUT2D eigenvalue weighted by Crippen LogP contribution is 2.57. The Hall–Kier alpha value is -3.74. The van der Waals surface area contributed by atoms with E-state index in [0.29, 0.717) is 0 Å². The highest BCUT2D eigenvalue weighted by molar-refractivity contribution is 6.22. The summed E-state index contributed by atoms with van der Waals surface area (Å²) in [5.74, 6) is -8.85. The van der Waals surface area contributed by atoms with E-state index in [2.05, 4.69) is 5.32 Å². The molecular weight excluding hydrogens is 474 g/mol. The van der Waals surface area contributed by atoms with Crippen LogP contribution >= 0.6 is 0 Å². The maximum absolute atomic E-state index is 13.6. The second kappa shape index (κ2) is 8.15. The molecule has 36 heavy (non-hydrogen) atoms. The minimum atomic E-state index is -2.75. The van der Waals surface area contributed by atoms with Crippen LogP contribution in [0.2, 0.25) is 0 Å². The third-order valence-corrected chi connectivity index (χ3v) is 7.23. The molecule has 1 aromatic rings. The second-order valence-corrected chi connectivity index (χ2v) is 9.88.